The smallest absolute Gasteiger partial charge is 0.0704 e. The molecule has 1 fully saturated rings. The van der Waals surface area contributed by atoms with Gasteiger partial charge in [0.05, 0.1) is 18.2 Å². The van der Waals surface area contributed by atoms with E-state index in [9.17, 15) is 0 Å². The van der Waals surface area contributed by atoms with Gasteiger partial charge in [0.15, 0.2) is 0 Å². The maximum atomic E-state index is 5.92. The molecule has 1 N–H and O–H groups in total. The maximum Gasteiger partial charge on any atom is 0.0704 e. The molecule has 1 heterocycles. The monoisotopic (exact) mass is 281 g/mol. The standard InChI is InChI=1S/C19H23NO/c1-15-12-13-18(21-15)14-20-19(16-8-4-2-5-9-16)17-10-6-3-7-11-17/h2-11,15,18-20H,12-14H2,1H3. The van der Waals surface area contributed by atoms with Gasteiger partial charge in [0.1, 0.15) is 0 Å². The highest BCUT2D eigenvalue weighted by Gasteiger charge is 2.23. The summed E-state index contributed by atoms with van der Waals surface area (Å²) < 4.78 is 5.92. The van der Waals surface area contributed by atoms with E-state index >= 15 is 0 Å². The van der Waals surface area contributed by atoms with E-state index in [1.54, 1.807) is 0 Å². The van der Waals surface area contributed by atoms with Crippen LogP contribution < -0.4 is 5.32 Å². The van der Waals surface area contributed by atoms with Crippen LogP contribution in [0.4, 0.5) is 0 Å². The fourth-order valence-corrected chi connectivity index (χ4v) is 3.00. The van der Waals surface area contributed by atoms with Gasteiger partial charge in [-0.2, -0.15) is 0 Å². The Morgan fingerprint density at radius 3 is 2.00 bits per heavy atom. The Labute approximate surface area is 127 Å². The average Bonchev–Trinajstić information content (AvgIpc) is 2.95. The first-order chi connectivity index (χ1) is 10.3. The zero-order valence-electron chi connectivity index (χ0n) is 12.5. The Morgan fingerprint density at radius 1 is 0.952 bits per heavy atom. The summed E-state index contributed by atoms with van der Waals surface area (Å²) in [5, 5.41) is 3.69. The molecule has 0 amide bonds. The molecule has 3 rings (SSSR count). The number of benzene rings is 2. The Hall–Kier alpha value is -1.64. The van der Waals surface area contributed by atoms with E-state index in [2.05, 4.69) is 72.9 Å². The first-order valence-electron chi connectivity index (χ1n) is 7.81. The average molecular weight is 281 g/mol. The summed E-state index contributed by atoms with van der Waals surface area (Å²) in [5.74, 6) is 0. The lowest BCUT2D eigenvalue weighted by Gasteiger charge is -2.22. The number of nitrogens with one attached hydrogen (secondary N) is 1. The van der Waals surface area contributed by atoms with E-state index < -0.39 is 0 Å². The molecule has 1 aliphatic rings. The lowest BCUT2D eigenvalue weighted by molar-refractivity contribution is 0.0550. The largest absolute Gasteiger partial charge is 0.374 e. The highest BCUT2D eigenvalue weighted by molar-refractivity contribution is 5.31. The van der Waals surface area contributed by atoms with Gasteiger partial charge in [-0.1, -0.05) is 60.7 Å². The van der Waals surface area contributed by atoms with Gasteiger partial charge in [-0.15, -0.1) is 0 Å². The zero-order chi connectivity index (χ0) is 14.5. The topological polar surface area (TPSA) is 21.3 Å². The SMILES string of the molecule is CC1CCC(CNC(c2ccccc2)c2ccccc2)O1. The van der Waals surface area contributed by atoms with Crippen LogP contribution in [0, 0.1) is 0 Å². The van der Waals surface area contributed by atoms with Crippen molar-refractivity contribution in [1.29, 1.82) is 0 Å². The molecule has 0 spiro atoms. The molecule has 0 aromatic heterocycles. The Bertz CT molecular complexity index is 501. The van der Waals surface area contributed by atoms with Crippen LogP contribution in [-0.4, -0.2) is 18.8 Å². The van der Waals surface area contributed by atoms with Crippen molar-refractivity contribution < 1.29 is 4.74 Å². The molecular formula is C19H23NO. The van der Waals surface area contributed by atoms with Crippen molar-refractivity contribution in [2.75, 3.05) is 6.54 Å². The molecule has 0 radical (unpaired) electrons. The van der Waals surface area contributed by atoms with E-state index in [0.717, 1.165) is 13.0 Å². The summed E-state index contributed by atoms with van der Waals surface area (Å²) in [5.41, 5.74) is 2.60. The van der Waals surface area contributed by atoms with Gasteiger partial charge in [-0.05, 0) is 30.9 Å². The Morgan fingerprint density at radius 2 is 1.52 bits per heavy atom. The van der Waals surface area contributed by atoms with Crippen molar-refractivity contribution in [1.82, 2.24) is 5.32 Å². The molecule has 2 aromatic rings. The second-order valence-electron chi connectivity index (χ2n) is 5.81. The van der Waals surface area contributed by atoms with Crippen molar-refractivity contribution in [2.45, 2.75) is 38.0 Å². The van der Waals surface area contributed by atoms with Crippen molar-refractivity contribution in [3.63, 3.8) is 0 Å². The first kappa shape index (κ1) is 14.3. The maximum absolute atomic E-state index is 5.92. The molecule has 1 saturated heterocycles. The summed E-state index contributed by atoms with van der Waals surface area (Å²) in [6.07, 6.45) is 3.08. The number of rotatable bonds is 5. The molecule has 1 aliphatic heterocycles. The fraction of sp³-hybridized carbons (Fsp3) is 0.368. The minimum Gasteiger partial charge on any atom is -0.374 e. The predicted molar refractivity (Wildman–Crippen MR) is 86.3 cm³/mol. The zero-order valence-corrected chi connectivity index (χ0v) is 12.5. The van der Waals surface area contributed by atoms with Crippen molar-refractivity contribution in [2.24, 2.45) is 0 Å². The van der Waals surface area contributed by atoms with Crippen molar-refractivity contribution in [3.05, 3.63) is 71.8 Å². The lowest BCUT2D eigenvalue weighted by atomic mass is 9.98. The minimum absolute atomic E-state index is 0.229. The lowest BCUT2D eigenvalue weighted by Crippen LogP contribution is -2.31. The number of ether oxygens (including phenoxy) is 1. The predicted octanol–water partition coefficient (Wildman–Crippen LogP) is 3.93. The van der Waals surface area contributed by atoms with Crippen LogP contribution in [0.15, 0.2) is 60.7 Å². The molecule has 0 bridgehead atoms. The first-order valence-corrected chi connectivity index (χ1v) is 7.81. The van der Waals surface area contributed by atoms with Gasteiger partial charge >= 0.3 is 0 Å². The summed E-state index contributed by atoms with van der Waals surface area (Å²) in [7, 11) is 0. The molecular weight excluding hydrogens is 258 g/mol. The van der Waals surface area contributed by atoms with Gasteiger partial charge in [-0.3, -0.25) is 0 Å². The van der Waals surface area contributed by atoms with Crippen LogP contribution >= 0.6 is 0 Å². The highest BCUT2D eigenvalue weighted by atomic mass is 16.5. The molecule has 2 aromatic carbocycles. The quantitative estimate of drug-likeness (QED) is 0.896. The van der Waals surface area contributed by atoms with Gasteiger partial charge in [0, 0.05) is 6.54 Å². The van der Waals surface area contributed by atoms with Crippen LogP contribution in [0.5, 0.6) is 0 Å². The molecule has 0 saturated carbocycles. The van der Waals surface area contributed by atoms with Crippen LogP contribution in [-0.2, 0) is 4.74 Å². The summed E-state index contributed by atoms with van der Waals surface area (Å²) in [6.45, 7) is 3.06. The van der Waals surface area contributed by atoms with Crippen molar-refractivity contribution in [3.8, 4) is 0 Å². The highest BCUT2D eigenvalue weighted by Crippen LogP contribution is 2.23. The van der Waals surface area contributed by atoms with E-state index in [1.807, 2.05) is 0 Å². The van der Waals surface area contributed by atoms with Crippen molar-refractivity contribution >= 4 is 0 Å². The number of hydrogen-bond acceptors (Lipinski definition) is 2. The number of hydrogen-bond donors (Lipinski definition) is 1. The molecule has 21 heavy (non-hydrogen) atoms. The summed E-state index contributed by atoms with van der Waals surface area (Å²) >= 11 is 0. The Kier molecular flexibility index (Phi) is 4.69. The Balaban J connectivity index is 1.74. The second-order valence-corrected chi connectivity index (χ2v) is 5.81. The normalized spacial score (nSPS) is 21.8. The molecule has 110 valence electrons. The third kappa shape index (κ3) is 3.72. The van der Waals surface area contributed by atoms with E-state index in [-0.39, 0.29) is 6.04 Å². The third-order valence-corrected chi connectivity index (χ3v) is 4.14. The molecule has 0 aliphatic carbocycles. The van der Waals surface area contributed by atoms with Gasteiger partial charge in [0.2, 0.25) is 0 Å². The summed E-state index contributed by atoms with van der Waals surface area (Å²) in [6, 6.07) is 21.5. The van der Waals surface area contributed by atoms with Crippen LogP contribution in [0.2, 0.25) is 0 Å². The molecule has 2 unspecified atom stereocenters. The third-order valence-electron chi connectivity index (χ3n) is 4.14. The van der Waals surface area contributed by atoms with Crippen LogP contribution in [0.1, 0.15) is 36.9 Å². The molecule has 2 heteroatoms. The molecule has 2 nitrogen and oxygen atoms in total. The second kappa shape index (κ2) is 6.88. The van der Waals surface area contributed by atoms with Gasteiger partial charge < -0.3 is 10.1 Å². The van der Waals surface area contributed by atoms with Crippen LogP contribution in [0.3, 0.4) is 0 Å². The fourth-order valence-electron chi connectivity index (χ4n) is 3.00. The summed E-state index contributed by atoms with van der Waals surface area (Å²) in [4.78, 5) is 0. The van der Waals surface area contributed by atoms with Gasteiger partial charge in [-0.25, -0.2) is 0 Å². The minimum atomic E-state index is 0.229. The van der Waals surface area contributed by atoms with E-state index in [1.165, 1.54) is 17.5 Å². The van der Waals surface area contributed by atoms with E-state index in [4.69, 9.17) is 4.74 Å². The molecule has 2 atom stereocenters. The van der Waals surface area contributed by atoms with Crippen LogP contribution in [0.25, 0.3) is 0 Å². The van der Waals surface area contributed by atoms with E-state index in [0.29, 0.717) is 12.2 Å². The van der Waals surface area contributed by atoms with Gasteiger partial charge in [0.25, 0.3) is 0 Å².